The zero-order valence-corrected chi connectivity index (χ0v) is 17.9. The van der Waals surface area contributed by atoms with Crippen LogP contribution < -0.4 is 10.0 Å². The zero-order chi connectivity index (χ0) is 21.9. The molecule has 4 N–H and O–H groups in total. The van der Waals surface area contributed by atoms with Gasteiger partial charge in [0.1, 0.15) is 15.9 Å². The van der Waals surface area contributed by atoms with Gasteiger partial charge in [0.25, 0.3) is 10.0 Å². The molecule has 32 heavy (non-hydrogen) atoms. The Morgan fingerprint density at radius 1 is 1.00 bits per heavy atom. The summed E-state index contributed by atoms with van der Waals surface area (Å²) in [6, 6.07) is 8.39. The van der Waals surface area contributed by atoms with E-state index in [-0.39, 0.29) is 27.2 Å². The van der Waals surface area contributed by atoms with Gasteiger partial charge in [-0.05, 0) is 35.9 Å². The molecule has 2 atom stereocenters. The summed E-state index contributed by atoms with van der Waals surface area (Å²) in [7, 11) is -7.70. The third-order valence-electron chi connectivity index (χ3n) is 5.47. The summed E-state index contributed by atoms with van der Waals surface area (Å²) >= 11 is 0. The van der Waals surface area contributed by atoms with Crippen LogP contribution in [0.4, 0.5) is 0 Å². The summed E-state index contributed by atoms with van der Waals surface area (Å²) in [6.07, 6.45) is 0.714. The lowest BCUT2D eigenvalue weighted by molar-refractivity contribution is 0.598. The number of hydrogen-bond donors (Lipinski definition) is 4. The lowest BCUT2D eigenvalue weighted by Gasteiger charge is -2.15. The smallest absolute Gasteiger partial charge is 0.293 e. The molecule has 13 nitrogen and oxygen atoms in total. The van der Waals surface area contributed by atoms with Gasteiger partial charge < -0.3 is 5.32 Å². The Morgan fingerprint density at radius 3 is 2.69 bits per heavy atom. The fourth-order valence-electron chi connectivity index (χ4n) is 4.12. The van der Waals surface area contributed by atoms with Gasteiger partial charge in [0.05, 0.1) is 10.5 Å². The van der Waals surface area contributed by atoms with Crippen molar-refractivity contribution in [2.24, 2.45) is 3.77 Å². The maximum absolute atomic E-state index is 13.7. The number of rotatable bonds is 4. The van der Waals surface area contributed by atoms with Crippen molar-refractivity contribution in [1.82, 2.24) is 46.1 Å². The molecule has 0 aliphatic carbocycles. The quantitative estimate of drug-likeness (QED) is 0.322. The van der Waals surface area contributed by atoms with E-state index in [1.54, 1.807) is 24.3 Å². The van der Waals surface area contributed by atoms with Gasteiger partial charge in [-0.2, -0.15) is 29.0 Å². The summed E-state index contributed by atoms with van der Waals surface area (Å²) < 4.78 is 46.9. The number of benzene rings is 2. The molecule has 0 saturated carbocycles. The molecule has 2 aliphatic heterocycles. The van der Waals surface area contributed by atoms with Crippen molar-refractivity contribution in [2.75, 3.05) is 13.1 Å². The molecule has 1 saturated heterocycles. The second kappa shape index (κ2) is 6.86. The van der Waals surface area contributed by atoms with Crippen molar-refractivity contribution in [3.8, 4) is 22.5 Å². The van der Waals surface area contributed by atoms with Gasteiger partial charge in [-0.15, -0.1) is 10.2 Å². The molecule has 15 heteroatoms. The van der Waals surface area contributed by atoms with Gasteiger partial charge in [-0.3, -0.25) is 0 Å². The monoisotopic (exact) mass is 472 g/mol. The number of aromatic nitrogens is 7. The Balaban J connectivity index is 1.65. The topological polar surface area (TPSA) is 184 Å². The van der Waals surface area contributed by atoms with Gasteiger partial charge in [0.2, 0.25) is 5.82 Å². The number of tetrazole rings is 1. The highest BCUT2D eigenvalue weighted by Crippen LogP contribution is 2.44. The van der Waals surface area contributed by atoms with Crippen molar-refractivity contribution in [3.05, 3.63) is 30.3 Å². The molecule has 2 aromatic carbocycles. The fraction of sp³-hybridized carbons (Fsp3) is 0.235. The largest absolute Gasteiger partial charge is 0.315 e. The van der Waals surface area contributed by atoms with Crippen LogP contribution in [0.5, 0.6) is 0 Å². The van der Waals surface area contributed by atoms with E-state index in [2.05, 4.69) is 49.8 Å². The SMILES string of the molecule is O=S1(=O)N=S(=O)(N[C@@H]2CCNC2)c2ccc(-c3cccc4n[nH]nc34)c(-c3nn[nH]n3)c21. The highest BCUT2D eigenvalue weighted by Gasteiger charge is 2.40. The van der Waals surface area contributed by atoms with Crippen LogP contribution in [0, 0.1) is 0 Å². The summed E-state index contributed by atoms with van der Waals surface area (Å²) in [5, 5.41) is 28.0. The lowest BCUT2D eigenvalue weighted by atomic mass is 9.98. The second-order valence-electron chi connectivity index (χ2n) is 7.43. The Bertz CT molecular complexity index is 1580. The van der Waals surface area contributed by atoms with Gasteiger partial charge in [-0.25, -0.2) is 8.93 Å². The molecule has 1 unspecified atom stereocenters. The van der Waals surface area contributed by atoms with Crippen molar-refractivity contribution < 1.29 is 12.6 Å². The molecule has 164 valence electrons. The minimum absolute atomic E-state index is 0.0438. The van der Waals surface area contributed by atoms with Crippen LogP contribution >= 0.6 is 0 Å². The molecule has 2 aromatic heterocycles. The van der Waals surface area contributed by atoms with Crippen molar-refractivity contribution in [3.63, 3.8) is 0 Å². The summed E-state index contributed by atoms with van der Waals surface area (Å²) in [6.45, 7) is 1.33. The highest BCUT2D eigenvalue weighted by molar-refractivity contribution is 8.05. The van der Waals surface area contributed by atoms with Crippen LogP contribution in [0.15, 0.2) is 43.9 Å². The molecule has 4 aromatic rings. The minimum Gasteiger partial charge on any atom is -0.315 e. The van der Waals surface area contributed by atoms with Crippen LogP contribution in [-0.4, -0.2) is 67.8 Å². The number of fused-ring (bicyclic) bond motifs is 2. The first-order valence-corrected chi connectivity index (χ1v) is 12.6. The van der Waals surface area contributed by atoms with Crippen LogP contribution in [0.1, 0.15) is 6.42 Å². The summed E-state index contributed by atoms with van der Waals surface area (Å²) in [5.41, 5.74) is 2.40. The average Bonchev–Trinajstić information content (AvgIpc) is 3.55. The van der Waals surface area contributed by atoms with E-state index in [9.17, 15) is 12.6 Å². The molecule has 0 bridgehead atoms. The van der Waals surface area contributed by atoms with Crippen LogP contribution in [0.2, 0.25) is 0 Å². The standard InChI is InChI=1S/C17H16N10O3S2/c28-31(23-9-6-7-18-8-9)13-5-4-10(11-2-1-3-12-15(11)20-24-19-12)14(17-21-25-26-22-17)16(13)32(29,30)27-31/h1-5,9,18H,6-8H2,(H,19,20,24)(H,23,27,28)(H,21,22,25,26)/t9-,31?/m1/s1. The van der Waals surface area contributed by atoms with Crippen molar-refractivity contribution in [2.45, 2.75) is 22.3 Å². The Morgan fingerprint density at radius 2 is 1.91 bits per heavy atom. The summed E-state index contributed by atoms with van der Waals surface area (Å²) in [5.74, 6) is 0.0438. The maximum Gasteiger partial charge on any atom is 0.293 e. The minimum atomic E-state index is -4.28. The fourth-order valence-corrected chi connectivity index (χ4v) is 8.84. The number of nitrogens with zero attached hydrogens (tertiary/aromatic N) is 6. The van der Waals surface area contributed by atoms with E-state index >= 15 is 0 Å². The number of H-pyrrole nitrogens is 2. The Kier molecular flexibility index (Phi) is 4.16. The van der Waals surface area contributed by atoms with Crippen molar-refractivity contribution >= 4 is 31.0 Å². The van der Waals surface area contributed by atoms with E-state index in [4.69, 9.17) is 0 Å². The van der Waals surface area contributed by atoms with Crippen LogP contribution in [-0.2, 0) is 19.9 Å². The maximum atomic E-state index is 13.7. The predicted molar refractivity (Wildman–Crippen MR) is 113 cm³/mol. The van der Waals surface area contributed by atoms with Gasteiger partial charge >= 0.3 is 0 Å². The van der Waals surface area contributed by atoms with Crippen molar-refractivity contribution in [1.29, 1.82) is 0 Å². The third-order valence-corrected chi connectivity index (χ3v) is 9.76. The lowest BCUT2D eigenvalue weighted by Crippen LogP contribution is -2.35. The average molecular weight is 473 g/mol. The molecule has 0 radical (unpaired) electrons. The number of para-hydroxylation sites is 1. The van der Waals surface area contributed by atoms with E-state index in [1.165, 1.54) is 6.07 Å². The first-order valence-electron chi connectivity index (χ1n) is 9.68. The normalized spacial score (nSPS) is 23.9. The molecule has 0 spiro atoms. The Hall–Kier alpha value is -3.27. The first-order chi connectivity index (χ1) is 15.5. The van der Waals surface area contributed by atoms with Crippen LogP contribution in [0.3, 0.4) is 0 Å². The predicted octanol–water partition coefficient (Wildman–Crippen LogP) is 0.201. The van der Waals surface area contributed by atoms with Gasteiger partial charge in [0, 0.05) is 18.2 Å². The first kappa shape index (κ1) is 19.4. The third kappa shape index (κ3) is 2.85. The molecule has 6 rings (SSSR count). The van der Waals surface area contributed by atoms with E-state index < -0.39 is 19.9 Å². The molecule has 0 amide bonds. The van der Waals surface area contributed by atoms with E-state index in [0.29, 0.717) is 35.1 Å². The molecule has 4 heterocycles. The zero-order valence-electron chi connectivity index (χ0n) is 16.3. The van der Waals surface area contributed by atoms with Crippen LogP contribution in [0.25, 0.3) is 33.5 Å². The molecule has 2 aliphatic rings. The Labute approximate surface area is 181 Å². The highest BCUT2D eigenvalue weighted by atomic mass is 32.3. The summed E-state index contributed by atoms with van der Waals surface area (Å²) in [4.78, 5) is -0.111. The second-order valence-corrected chi connectivity index (χ2v) is 11.1. The number of aromatic amines is 2. The molecular formula is C17H16N10O3S2. The molecule has 1 fully saturated rings. The number of hydrogen-bond acceptors (Lipinski definition) is 9. The molecular weight excluding hydrogens is 456 g/mol. The van der Waals surface area contributed by atoms with Gasteiger partial charge in [0.15, 0.2) is 9.92 Å². The van der Waals surface area contributed by atoms with Gasteiger partial charge in [-0.1, -0.05) is 22.0 Å². The number of sulfonamides is 1. The van der Waals surface area contributed by atoms with E-state index in [0.717, 1.165) is 6.54 Å². The van der Waals surface area contributed by atoms with E-state index in [1.807, 2.05) is 0 Å². The number of nitrogens with one attached hydrogen (secondary N) is 4.